The number of nitrogens with zero attached hydrogens (tertiary/aromatic N) is 3. The van der Waals surface area contributed by atoms with Gasteiger partial charge in [-0.15, -0.1) is 0 Å². The van der Waals surface area contributed by atoms with E-state index in [-0.39, 0.29) is 12.1 Å². The molecule has 134 valence electrons. The molecule has 3 rings (SSSR count). The molecule has 1 aromatic heterocycles. The Morgan fingerprint density at radius 1 is 1.40 bits per heavy atom. The topological polar surface area (TPSA) is 67.3 Å². The maximum absolute atomic E-state index is 11.9. The minimum absolute atomic E-state index is 0.199. The quantitative estimate of drug-likeness (QED) is 0.837. The van der Waals surface area contributed by atoms with E-state index in [2.05, 4.69) is 36.1 Å². The van der Waals surface area contributed by atoms with E-state index < -0.39 is 5.60 Å². The van der Waals surface area contributed by atoms with Crippen LogP contribution in [0.2, 0.25) is 0 Å². The average molecular weight is 407 g/mol. The summed E-state index contributed by atoms with van der Waals surface area (Å²) in [5.41, 5.74) is 0.424. The molecular formula is C18H23BrN4O2. The van der Waals surface area contributed by atoms with Crippen LogP contribution in [0.3, 0.4) is 0 Å². The van der Waals surface area contributed by atoms with Gasteiger partial charge < -0.3 is 15.0 Å². The molecule has 1 saturated heterocycles. The molecule has 0 aliphatic carbocycles. The molecule has 2 aromatic rings. The molecule has 0 unspecified atom stereocenters. The molecule has 6 nitrogen and oxygen atoms in total. The summed E-state index contributed by atoms with van der Waals surface area (Å²) >= 11 is 3.52. The Balaban J connectivity index is 1.76. The van der Waals surface area contributed by atoms with Gasteiger partial charge in [0.1, 0.15) is 17.7 Å². The lowest BCUT2D eigenvalue weighted by atomic mass is 10.2. The largest absolute Gasteiger partial charge is 0.444 e. The van der Waals surface area contributed by atoms with Crippen LogP contribution < -0.4 is 10.2 Å². The van der Waals surface area contributed by atoms with E-state index >= 15 is 0 Å². The molecule has 0 spiro atoms. The summed E-state index contributed by atoms with van der Waals surface area (Å²) < 4.78 is 6.32. The highest BCUT2D eigenvalue weighted by atomic mass is 79.9. The van der Waals surface area contributed by atoms with Crippen molar-refractivity contribution in [2.45, 2.75) is 45.3 Å². The fourth-order valence-corrected chi connectivity index (χ4v) is 3.45. The average Bonchev–Trinajstić information content (AvgIpc) is 2.99. The highest BCUT2D eigenvalue weighted by Crippen LogP contribution is 2.30. The Morgan fingerprint density at radius 2 is 2.20 bits per heavy atom. The second-order valence-corrected chi connectivity index (χ2v) is 8.15. The third-order valence-electron chi connectivity index (χ3n) is 4.11. The number of fused-ring (bicyclic) bond motifs is 1. The molecule has 0 radical (unpaired) electrons. The summed E-state index contributed by atoms with van der Waals surface area (Å²) in [4.78, 5) is 23.1. The zero-order valence-electron chi connectivity index (χ0n) is 14.8. The maximum Gasteiger partial charge on any atom is 0.407 e. The number of ether oxygens (including phenoxy) is 1. The zero-order chi connectivity index (χ0) is 18.0. The summed E-state index contributed by atoms with van der Waals surface area (Å²) in [5, 5.41) is 3.90. The van der Waals surface area contributed by atoms with Gasteiger partial charge in [0.05, 0.1) is 5.52 Å². The number of carbonyl (C=O) groups excluding carboxylic acids is 1. The lowest BCUT2D eigenvalue weighted by Gasteiger charge is -2.27. The van der Waals surface area contributed by atoms with E-state index in [0.29, 0.717) is 6.54 Å². The maximum atomic E-state index is 11.9. The third kappa shape index (κ3) is 4.39. The third-order valence-corrected chi connectivity index (χ3v) is 4.60. The number of aromatic nitrogens is 2. The van der Waals surface area contributed by atoms with Gasteiger partial charge in [-0.1, -0.05) is 15.9 Å². The van der Waals surface area contributed by atoms with Crippen molar-refractivity contribution in [2.75, 3.05) is 18.0 Å². The molecule has 7 heteroatoms. The van der Waals surface area contributed by atoms with Crippen LogP contribution in [-0.4, -0.2) is 40.8 Å². The smallest absolute Gasteiger partial charge is 0.407 e. The van der Waals surface area contributed by atoms with Gasteiger partial charge in [0.15, 0.2) is 0 Å². The lowest BCUT2D eigenvalue weighted by molar-refractivity contribution is 0.0525. The predicted octanol–water partition coefficient (Wildman–Crippen LogP) is 3.89. The lowest BCUT2D eigenvalue weighted by Crippen LogP contribution is -2.42. The van der Waals surface area contributed by atoms with Gasteiger partial charge in [-0.25, -0.2) is 14.8 Å². The van der Waals surface area contributed by atoms with E-state index in [1.807, 2.05) is 39.0 Å². The monoisotopic (exact) mass is 406 g/mol. The van der Waals surface area contributed by atoms with Crippen LogP contribution in [0.1, 0.15) is 33.6 Å². The number of hydrogen-bond donors (Lipinski definition) is 1. The Kier molecular flexibility index (Phi) is 5.13. The summed E-state index contributed by atoms with van der Waals surface area (Å²) in [6.45, 7) is 7.03. The van der Waals surface area contributed by atoms with Crippen LogP contribution in [0.25, 0.3) is 10.9 Å². The molecule has 0 bridgehead atoms. The second-order valence-electron chi connectivity index (χ2n) is 7.23. The van der Waals surface area contributed by atoms with Crippen molar-refractivity contribution < 1.29 is 9.53 Å². The first-order chi connectivity index (χ1) is 11.8. The van der Waals surface area contributed by atoms with Gasteiger partial charge in [-0.2, -0.15) is 0 Å². The molecule has 1 N–H and O–H groups in total. The molecule has 1 amide bonds. The van der Waals surface area contributed by atoms with Crippen LogP contribution in [0, 0.1) is 0 Å². The Bertz CT molecular complexity index is 775. The standard InChI is InChI=1S/C18H23BrN4O2/c1-18(2,3)25-17(24)20-10-13-5-4-8-23(13)16-14-9-12(19)6-7-15(14)21-11-22-16/h6-7,9,11,13H,4-5,8,10H2,1-3H3,(H,20,24)/t13-/m0/s1. The minimum Gasteiger partial charge on any atom is -0.444 e. The Morgan fingerprint density at radius 3 is 2.96 bits per heavy atom. The molecule has 1 aliphatic heterocycles. The van der Waals surface area contributed by atoms with E-state index in [9.17, 15) is 4.79 Å². The van der Waals surface area contributed by atoms with Crippen molar-refractivity contribution in [1.82, 2.24) is 15.3 Å². The van der Waals surface area contributed by atoms with E-state index in [0.717, 1.165) is 40.6 Å². The highest BCUT2D eigenvalue weighted by molar-refractivity contribution is 9.10. The molecule has 0 saturated carbocycles. The Labute approximate surface area is 156 Å². The van der Waals surface area contributed by atoms with Crippen LogP contribution in [0.5, 0.6) is 0 Å². The first-order valence-electron chi connectivity index (χ1n) is 8.47. The highest BCUT2D eigenvalue weighted by Gasteiger charge is 2.28. The fourth-order valence-electron chi connectivity index (χ4n) is 3.09. The number of nitrogens with one attached hydrogen (secondary N) is 1. The van der Waals surface area contributed by atoms with E-state index in [4.69, 9.17) is 4.74 Å². The molecule has 1 aromatic carbocycles. The van der Waals surface area contributed by atoms with Crippen molar-refractivity contribution >= 4 is 38.7 Å². The van der Waals surface area contributed by atoms with Crippen LogP contribution in [0.4, 0.5) is 10.6 Å². The summed E-state index contributed by atoms with van der Waals surface area (Å²) in [6.07, 6.45) is 3.30. The van der Waals surface area contributed by atoms with Crippen LogP contribution in [-0.2, 0) is 4.74 Å². The van der Waals surface area contributed by atoms with E-state index in [1.165, 1.54) is 0 Å². The number of rotatable bonds is 3. The van der Waals surface area contributed by atoms with Crippen LogP contribution in [0.15, 0.2) is 29.0 Å². The first-order valence-corrected chi connectivity index (χ1v) is 9.26. The van der Waals surface area contributed by atoms with Gasteiger partial charge in [-0.3, -0.25) is 0 Å². The van der Waals surface area contributed by atoms with E-state index in [1.54, 1.807) is 6.33 Å². The second kappa shape index (κ2) is 7.15. The first kappa shape index (κ1) is 17.9. The van der Waals surface area contributed by atoms with Gasteiger partial charge in [-0.05, 0) is 51.8 Å². The van der Waals surface area contributed by atoms with Gasteiger partial charge in [0, 0.05) is 29.0 Å². The summed E-state index contributed by atoms with van der Waals surface area (Å²) in [7, 11) is 0. The normalized spacial score (nSPS) is 17.8. The number of alkyl carbamates (subject to hydrolysis) is 1. The zero-order valence-corrected chi connectivity index (χ0v) is 16.3. The molecule has 25 heavy (non-hydrogen) atoms. The van der Waals surface area contributed by atoms with Gasteiger partial charge in [0.25, 0.3) is 0 Å². The van der Waals surface area contributed by atoms with Gasteiger partial charge in [0.2, 0.25) is 0 Å². The van der Waals surface area contributed by atoms with Crippen molar-refractivity contribution in [3.63, 3.8) is 0 Å². The SMILES string of the molecule is CC(C)(C)OC(=O)NC[C@@H]1CCCN1c1ncnc2ccc(Br)cc12. The van der Waals surface area contributed by atoms with Crippen LogP contribution >= 0.6 is 15.9 Å². The number of benzene rings is 1. The van der Waals surface area contributed by atoms with Crippen molar-refractivity contribution in [2.24, 2.45) is 0 Å². The van der Waals surface area contributed by atoms with Crippen molar-refractivity contribution in [3.8, 4) is 0 Å². The molecular weight excluding hydrogens is 384 g/mol. The summed E-state index contributed by atoms with van der Waals surface area (Å²) in [6, 6.07) is 6.20. The molecule has 1 atom stereocenters. The Hall–Kier alpha value is -1.89. The molecule has 1 fully saturated rings. The minimum atomic E-state index is -0.491. The molecule has 2 heterocycles. The number of amides is 1. The summed E-state index contributed by atoms with van der Waals surface area (Å²) in [5.74, 6) is 0.916. The number of hydrogen-bond acceptors (Lipinski definition) is 5. The molecule has 1 aliphatic rings. The number of carbonyl (C=O) groups is 1. The number of halogens is 1. The van der Waals surface area contributed by atoms with Crippen molar-refractivity contribution in [1.29, 1.82) is 0 Å². The fraction of sp³-hybridized carbons (Fsp3) is 0.500. The predicted molar refractivity (Wildman–Crippen MR) is 102 cm³/mol. The number of anilines is 1. The van der Waals surface area contributed by atoms with Crippen molar-refractivity contribution in [3.05, 3.63) is 29.0 Å². The van der Waals surface area contributed by atoms with Gasteiger partial charge >= 0.3 is 6.09 Å².